The Hall–Kier alpha value is -2.27. The van der Waals surface area contributed by atoms with Crippen molar-refractivity contribution in [3.63, 3.8) is 0 Å². The second kappa shape index (κ2) is 6.23. The second-order valence-electron chi connectivity index (χ2n) is 6.76. The van der Waals surface area contributed by atoms with E-state index < -0.39 is 0 Å². The lowest BCUT2D eigenvalue weighted by molar-refractivity contribution is 0.0737. The molecule has 0 aliphatic carbocycles. The minimum absolute atomic E-state index is 0.145. The first-order valence-corrected chi connectivity index (χ1v) is 9.57. The highest BCUT2D eigenvalue weighted by Gasteiger charge is 2.25. The SMILES string of the molecule is Cc1cccc(N2CCN(C(=O)c3cc4sccc4n3C)CC2)c1C. The number of fused-ring (bicyclic) bond motifs is 1. The molecule has 0 unspecified atom stereocenters. The van der Waals surface area contributed by atoms with E-state index in [0.29, 0.717) is 0 Å². The lowest BCUT2D eigenvalue weighted by atomic mass is 10.1. The molecule has 2 aromatic heterocycles. The third-order valence-electron chi connectivity index (χ3n) is 5.37. The summed E-state index contributed by atoms with van der Waals surface area (Å²) in [6.07, 6.45) is 0. The van der Waals surface area contributed by atoms with Crippen LogP contribution in [0.25, 0.3) is 10.2 Å². The van der Waals surface area contributed by atoms with Gasteiger partial charge in [-0.2, -0.15) is 0 Å². The van der Waals surface area contributed by atoms with Crippen molar-refractivity contribution in [2.45, 2.75) is 13.8 Å². The minimum atomic E-state index is 0.145. The molecule has 1 aromatic carbocycles. The minimum Gasteiger partial charge on any atom is -0.368 e. The predicted octanol–water partition coefficient (Wildman–Crippen LogP) is 3.82. The molecule has 4 rings (SSSR count). The monoisotopic (exact) mass is 353 g/mol. The van der Waals surface area contributed by atoms with Crippen molar-refractivity contribution >= 4 is 33.1 Å². The molecule has 0 bridgehead atoms. The summed E-state index contributed by atoms with van der Waals surface area (Å²) >= 11 is 1.69. The number of carbonyl (C=O) groups excluding carboxylic acids is 1. The topological polar surface area (TPSA) is 28.5 Å². The highest BCUT2D eigenvalue weighted by Crippen LogP contribution is 2.27. The van der Waals surface area contributed by atoms with Crippen molar-refractivity contribution in [1.82, 2.24) is 9.47 Å². The number of carbonyl (C=O) groups is 1. The molecule has 1 aliphatic heterocycles. The Labute approximate surface area is 152 Å². The third-order valence-corrected chi connectivity index (χ3v) is 6.22. The molecule has 0 spiro atoms. The molecule has 4 nitrogen and oxygen atoms in total. The summed E-state index contributed by atoms with van der Waals surface area (Å²) in [7, 11) is 1.98. The van der Waals surface area contributed by atoms with Crippen LogP contribution in [0.2, 0.25) is 0 Å². The molecule has 1 aliphatic rings. The molecule has 25 heavy (non-hydrogen) atoms. The van der Waals surface area contributed by atoms with Gasteiger partial charge in [-0.3, -0.25) is 4.79 Å². The number of benzene rings is 1. The van der Waals surface area contributed by atoms with Crippen LogP contribution in [0.4, 0.5) is 5.69 Å². The van der Waals surface area contributed by atoms with E-state index in [1.165, 1.54) is 21.5 Å². The van der Waals surface area contributed by atoms with Crippen molar-refractivity contribution in [2.75, 3.05) is 31.1 Å². The average molecular weight is 353 g/mol. The van der Waals surface area contributed by atoms with Crippen LogP contribution in [0, 0.1) is 13.8 Å². The zero-order valence-electron chi connectivity index (χ0n) is 15.0. The van der Waals surface area contributed by atoms with Crippen LogP contribution < -0.4 is 4.90 Å². The van der Waals surface area contributed by atoms with Gasteiger partial charge in [0.15, 0.2) is 0 Å². The van der Waals surface area contributed by atoms with Crippen molar-refractivity contribution < 1.29 is 4.79 Å². The molecule has 3 aromatic rings. The Morgan fingerprint density at radius 3 is 2.56 bits per heavy atom. The van der Waals surface area contributed by atoms with Crippen molar-refractivity contribution in [3.8, 4) is 0 Å². The first-order chi connectivity index (χ1) is 12.1. The lowest BCUT2D eigenvalue weighted by Gasteiger charge is -2.37. The number of rotatable bonds is 2. The second-order valence-corrected chi connectivity index (χ2v) is 7.70. The van der Waals surface area contributed by atoms with Crippen LogP contribution in [0.1, 0.15) is 21.6 Å². The number of piperazine rings is 1. The number of anilines is 1. The van der Waals surface area contributed by atoms with E-state index in [0.717, 1.165) is 37.4 Å². The molecule has 5 heteroatoms. The number of hydrogen-bond donors (Lipinski definition) is 0. The molecule has 0 radical (unpaired) electrons. The molecular formula is C20H23N3OS. The van der Waals surface area contributed by atoms with E-state index in [9.17, 15) is 4.79 Å². The summed E-state index contributed by atoms with van der Waals surface area (Å²) in [6, 6.07) is 10.6. The van der Waals surface area contributed by atoms with Crippen LogP contribution in [-0.2, 0) is 7.05 Å². The third kappa shape index (κ3) is 2.72. The molecule has 1 amide bonds. The first kappa shape index (κ1) is 16.2. The molecule has 0 atom stereocenters. The zero-order chi connectivity index (χ0) is 17.6. The molecule has 0 N–H and O–H groups in total. The highest BCUT2D eigenvalue weighted by atomic mass is 32.1. The molecule has 0 saturated carbocycles. The van der Waals surface area contributed by atoms with Gasteiger partial charge in [-0.1, -0.05) is 12.1 Å². The van der Waals surface area contributed by atoms with Crippen LogP contribution in [-0.4, -0.2) is 41.6 Å². The fourth-order valence-corrected chi connectivity index (χ4v) is 4.49. The summed E-state index contributed by atoms with van der Waals surface area (Å²) in [5, 5.41) is 2.07. The van der Waals surface area contributed by atoms with Gasteiger partial charge in [0.25, 0.3) is 5.91 Å². The van der Waals surface area contributed by atoms with Crippen molar-refractivity contribution in [1.29, 1.82) is 0 Å². The Kier molecular flexibility index (Phi) is 4.04. The number of nitrogens with zero attached hydrogens (tertiary/aromatic N) is 3. The standard InChI is InChI=1S/C20H23N3OS/c1-14-5-4-6-16(15(14)2)22-8-10-23(11-9-22)20(24)18-13-19-17(21(18)3)7-12-25-19/h4-7,12-13H,8-11H2,1-3H3. The fourth-order valence-electron chi connectivity index (χ4n) is 3.65. The van der Waals surface area contributed by atoms with E-state index in [-0.39, 0.29) is 5.91 Å². The molecular weight excluding hydrogens is 330 g/mol. The number of amides is 1. The van der Waals surface area contributed by atoms with Gasteiger partial charge in [0, 0.05) is 38.9 Å². The van der Waals surface area contributed by atoms with E-state index in [2.05, 4.69) is 48.4 Å². The van der Waals surface area contributed by atoms with Gasteiger partial charge >= 0.3 is 0 Å². The highest BCUT2D eigenvalue weighted by molar-refractivity contribution is 7.17. The molecule has 130 valence electrons. The maximum atomic E-state index is 12.9. The number of aromatic nitrogens is 1. The maximum absolute atomic E-state index is 12.9. The normalized spacial score (nSPS) is 15.2. The molecule has 1 saturated heterocycles. The Morgan fingerprint density at radius 2 is 1.84 bits per heavy atom. The summed E-state index contributed by atoms with van der Waals surface area (Å²) in [5.74, 6) is 0.145. The number of aryl methyl sites for hydroxylation is 2. The molecule has 3 heterocycles. The summed E-state index contributed by atoms with van der Waals surface area (Å²) in [6.45, 7) is 7.64. The van der Waals surface area contributed by atoms with E-state index >= 15 is 0 Å². The van der Waals surface area contributed by atoms with Crippen LogP contribution in [0.3, 0.4) is 0 Å². The van der Waals surface area contributed by atoms with Gasteiger partial charge in [-0.25, -0.2) is 0 Å². The zero-order valence-corrected chi connectivity index (χ0v) is 15.8. The van der Waals surface area contributed by atoms with Gasteiger partial charge in [-0.15, -0.1) is 11.3 Å². The van der Waals surface area contributed by atoms with Crippen molar-refractivity contribution in [3.05, 3.63) is 52.5 Å². The fraction of sp³-hybridized carbons (Fsp3) is 0.350. The van der Waals surface area contributed by atoms with Crippen LogP contribution in [0.15, 0.2) is 35.7 Å². The number of hydrogen-bond acceptors (Lipinski definition) is 3. The Morgan fingerprint density at radius 1 is 1.08 bits per heavy atom. The quantitative estimate of drug-likeness (QED) is 0.701. The summed E-state index contributed by atoms with van der Waals surface area (Å²) in [5.41, 5.74) is 5.89. The van der Waals surface area contributed by atoms with Gasteiger partial charge in [-0.05, 0) is 48.6 Å². The lowest BCUT2D eigenvalue weighted by Crippen LogP contribution is -2.49. The number of thiophene rings is 1. The smallest absolute Gasteiger partial charge is 0.270 e. The van der Waals surface area contributed by atoms with Crippen molar-refractivity contribution in [2.24, 2.45) is 7.05 Å². The Balaban J connectivity index is 1.50. The van der Waals surface area contributed by atoms with E-state index in [1.54, 1.807) is 11.3 Å². The maximum Gasteiger partial charge on any atom is 0.270 e. The van der Waals surface area contributed by atoms with Crippen LogP contribution >= 0.6 is 11.3 Å². The van der Waals surface area contributed by atoms with Gasteiger partial charge in [0.1, 0.15) is 5.69 Å². The van der Waals surface area contributed by atoms with E-state index in [4.69, 9.17) is 0 Å². The van der Waals surface area contributed by atoms with Gasteiger partial charge in [0.05, 0.1) is 10.2 Å². The molecule has 1 fully saturated rings. The Bertz CT molecular complexity index is 932. The van der Waals surface area contributed by atoms with E-state index in [1.807, 2.05) is 22.6 Å². The first-order valence-electron chi connectivity index (χ1n) is 8.69. The summed E-state index contributed by atoms with van der Waals surface area (Å²) in [4.78, 5) is 17.3. The summed E-state index contributed by atoms with van der Waals surface area (Å²) < 4.78 is 3.20. The largest absolute Gasteiger partial charge is 0.368 e. The van der Waals surface area contributed by atoms with Gasteiger partial charge < -0.3 is 14.4 Å². The van der Waals surface area contributed by atoms with Crippen LogP contribution in [0.5, 0.6) is 0 Å². The predicted molar refractivity (Wildman–Crippen MR) is 105 cm³/mol. The average Bonchev–Trinajstić information content (AvgIpc) is 3.20. The van der Waals surface area contributed by atoms with Gasteiger partial charge in [0.2, 0.25) is 0 Å².